The summed E-state index contributed by atoms with van der Waals surface area (Å²) in [5.41, 5.74) is 6.26. The molecule has 0 bridgehead atoms. The van der Waals surface area contributed by atoms with Gasteiger partial charge in [-0.1, -0.05) is 97.2 Å². The van der Waals surface area contributed by atoms with Crippen molar-refractivity contribution >= 4 is 5.71 Å². The minimum atomic E-state index is 0.486. The predicted molar refractivity (Wildman–Crippen MR) is 148 cm³/mol. The van der Waals surface area contributed by atoms with Crippen molar-refractivity contribution < 1.29 is 0 Å². The maximum Gasteiger partial charge on any atom is 0.0608 e. The molecular formula is C33H42N2. The normalized spacial score (nSPS) is 34.7. The molecule has 2 nitrogen and oxygen atoms in total. The lowest BCUT2D eigenvalue weighted by Gasteiger charge is -2.33. The van der Waals surface area contributed by atoms with Crippen molar-refractivity contribution in [3.63, 3.8) is 0 Å². The molecule has 6 atom stereocenters. The topological polar surface area (TPSA) is 24.4 Å². The van der Waals surface area contributed by atoms with Crippen LogP contribution in [0.2, 0.25) is 0 Å². The van der Waals surface area contributed by atoms with E-state index in [9.17, 15) is 0 Å². The first-order valence-corrected chi connectivity index (χ1v) is 14.3. The van der Waals surface area contributed by atoms with Crippen LogP contribution in [0.1, 0.15) is 57.8 Å². The molecular weight excluding hydrogens is 424 g/mol. The van der Waals surface area contributed by atoms with Gasteiger partial charge in [-0.15, -0.1) is 0 Å². The van der Waals surface area contributed by atoms with Gasteiger partial charge in [-0.2, -0.15) is 0 Å². The maximum atomic E-state index is 5.48. The van der Waals surface area contributed by atoms with Crippen LogP contribution in [0.3, 0.4) is 0 Å². The minimum absolute atomic E-state index is 0.486. The Balaban J connectivity index is 1.25. The second kappa shape index (κ2) is 10.4. The van der Waals surface area contributed by atoms with E-state index in [1.807, 2.05) is 0 Å². The lowest BCUT2D eigenvalue weighted by atomic mass is 9.73. The molecule has 2 heteroatoms. The number of hydrogen-bond acceptors (Lipinski definition) is 2. The molecule has 2 fully saturated rings. The van der Waals surface area contributed by atoms with Crippen LogP contribution in [0.4, 0.5) is 0 Å². The molecule has 0 amide bonds. The Labute approximate surface area is 212 Å². The molecule has 1 N–H and O–H groups in total. The first-order chi connectivity index (χ1) is 17.3. The van der Waals surface area contributed by atoms with Crippen LogP contribution in [-0.2, 0) is 0 Å². The van der Waals surface area contributed by atoms with E-state index in [0.29, 0.717) is 41.5 Å². The summed E-state index contributed by atoms with van der Waals surface area (Å²) in [6.45, 7) is 0.867. The van der Waals surface area contributed by atoms with E-state index in [1.165, 1.54) is 62.7 Å². The second-order valence-electron chi connectivity index (χ2n) is 11.5. The van der Waals surface area contributed by atoms with E-state index in [-0.39, 0.29) is 0 Å². The fourth-order valence-corrected chi connectivity index (χ4v) is 7.76. The third-order valence-corrected chi connectivity index (χ3v) is 9.66. The molecule has 0 aromatic heterocycles. The minimum Gasteiger partial charge on any atom is -0.316 e. The van der Waals surface area contributed by atoms with E-state index < -0.39 is 0 Å². The number of aliphatic imine (C=N–C) groups is 1. The van der Waals surface area contributed by atoms with Crippen molar-refractivity contribution in [3.8, 4) is 0 Å². The highest BCUT2D eigenvalue weighted by Gasteiger charge is 2.46. The van der Waals surface area contributed by atoms with Crippen molar-refractivity contribution in [3.05, 3.63) is 83.6 Å². The lowest BCUT2D eigenvalue weighted by molar-refractivity contribution is 0.386. The summed E-state index contributed by atoms with van der Waals surface area (Å²) < 4.78 is 0. The van der Waals surface area contributed by atoms with Crippen LogP contribution < -0.4 is 5.32 Å². The summed E-state index contributed by atoms with van der Waals surface area (Å²) in [5.74, 6) is 3.48. The number of allylic oxidation sites excluding steroid dienone is 12. The second-order valence-corrected chi connectivity index (χ2v) is 11.5. The van der Waals surface area contributed by atoms with Gasteiger partial charge in [0.25, 0.3) is 0 Å². The van der Waals surface area contributed by atoms with E-state index >= 15 is 0 Å². The lowest BCUT2D eigenvalue weighted by Crippen LogP contribution is -2.37. The van der Waals surface area contributed by atoms with Crippen molar-refractivity contribution in [2.24, 2.45) is 40.5 Å². The molecule has 6 aliphatic carbocycles. The zero-order valence-corrected chi connectivity index (χ0v) is 21.4. The summed E-state index contributed by atoms with van der Waals surface area (Å²) in [6.07, 6.45) is 38.1. The third kappa shape index (κ3) is 4.55. The largest absolute Gasteiger partial charge is 0.316 e. The number of nitrogens with zero attached hydrogens (tertiary/aromatic N) is 1. The summed E-state index contributed by atoms with van der Waals surface area (Å²) in [4.78, 5) is 5.48. The fourth-order valence-electron chi connectivity index (χ4n) is 7.76. The van der Waals surface area contributed by atoms with E-state index in [1.54, 1.807) is 11.1 Å². The summed E-state index contributed by atoms with van der Waals surface area (Å²) >= 11 is 0. The zero-order chi connectivity index (χ0) is 23.6. The van der Waals surface area contributed by atoms with E-state index in [0.717, 1.165) is 13.0 Å². The molecule has 6 rings (SSSR count). The number of rotatable bonds is 7. The van der Waals surface area contributed by atoms with Gasteiger partial charge in [0.15, 0.2) is 0 Å². The molecule has 0 heterocycles. The van der Waals surface area contributed by atoms with Gasteiger partial charge in [-0.05, 0) is 56.6 Å². The van der Waals surface area contributed by atoms with Gasteiger partial charge in [0, 0.05) is 41.8 Å². The highest BCUT2D eigenvalue weighted by molar-refractivity contribution is 5.87. The molecule has 0 spiro atoms. The van der Waals surface area contributed by atoms with Crippen molar-refractivity contribution in [2.75, 3.05) is 13.6 Å². The first-order valence-electron chi connectivity index (χ1n) is 14.3. The van der Waals surface area contributed by atoms with Crippen molar-refractivity contribution in [2.45, 2.75) is 63.8 Å². The third-order valence-electron chi connectivity index (χ3n) is 9.66. The Morgan fingerprint density at radius 2 is 1.63 bits per heavy atom. The van der Waals surface area contributed by atoms with Gasteiger partial charge in [-0.25, -0.2) is 0 Å². The molecule has 0 saturated heterocycles. The molecule has 0 aliphatic heterocycles. The van der Waals surface area contributed by atoms with Crippen LogP contribution in [0.25, 0.3) is 0 Å². The predicted octanol–water partition coefficient (Wildman–Crippen LogP) is 7.31. The van der Waals surface area contributed by atoms with Gasteiger partial charge in [0.1, 0.15) is 0 Å². The highest BCUT2D eigenvalue weighted by atomic mass is 14.9. The number of hydrogen-bond donors (Lipinski definition) is 1. The Morgan fingerprint density at radius 1 is 0.857 bits per heavy atom. The zero-order valence-electron chi connectivity index (χ0n) is 21.4. The van der Waals surface area contributed by atoms with E-state index in [2.05, 4.69) is 79.2 Å². The van der Waals surface area contributed by atoms with Gasteiger partial charge in [0.2, 0.25) is 0 Å². The Bertz CT molecular complexity index is 1040. The molecule has 35 heavy (non-hydrogen) atoms. The Kier molecular flexibility index (Phi) is 6.92. The van der Waals surface area contributed by atoms with Gasteiger partial charge in [0.05, 0.1) is 6.54 Å². The van der Waals surface area contributed by atoms with Crippen LogP contribution >= 0.6 is 0 Å². The molecule has 184 valence electrons. The first kappa shape index (κ1) is 23.2. The summed E-state index contributed by atoms with van der Waals surface area (Å²) in [6, 6.07) is 0.514. The fraction of sp³-hybridized carbons (Fsp3) is 0.545. The quantitative estimate of drug-likeness (QED) is 0.309. The molecule has 2 saturated carbocycles. The van der Waals surface area contributed by atoms with Crippen LogP contribution in [-0.4, -0.2) is 25.3 Å². The summed E-state index contributed by atoms with van der Waals surface area (Å²) in [5, 5.41) is 3.69. The standard InChI is InChI=1S/C33H42N2/c1-34-31(23-11-4-2-5-12-23)21-32(24-13-6-3-7-14-24)35-22-25-19-20-30-28-16-9-8-15-27(28)29-18-10-17-26(25)33(29)30/h4,8-11,15-20,23-24,26-28,31,33-34H,2-3,5-7,12-14,21-22H2,1H3/b35-32+. The van der Waals surface area contributed by atoms with E-state index in [4.69, 9.17) is 4.99 Å². The highest BCUT2D eigenvalue weighted by Crippen LogP contribution is 2.55. The van der Waals surface area contributed by atoms with Gasteiger partial charge < -0.3 is 5.32 Å². The number of nitrogens with one attached hydrogen (secondary N) is 1. The monoisotopic (exact) mass is 466 g/mol. The van der Waals surface area contributed by atoms with Gasteiger partial charge in [-0.3, -0.25) is 4.99 Å². The Morgan fingerprint density at radius 3 is 2.37 bits per heavy atom. The molecule has 0 aromatic carbocycles. The maximum absolute atomic E-state index is 5.48. The smallest absolute Gasteiger partial charge is 0.0608 e. The van der Waals surface area contributed by atoms with Crippen LogP contribution in [0.15, 0.2) is 88.5 Å². The number of fused-ring (bicyclic) bond motifs is 3. The van der Waals surface area contributed by atoms with Gasteiger partial charge >= 0.3 is 0 Å². The Hall–Kier alpha value is -2.19. The molecule has 6 unspecified atom stereocenters. The van der Waals surface area contributed by atoms with Crippen molar-refractivity contribution in [1.29, 1.82) is 0 Å². The SMILES string of the molecule is CNC(C/C(=N\CC1=CC=C2C3C=CC=CC3C3=CC=CC1C32)C1CCCCC1)C1C=CCCC1. The molecule has 6 aliphatic rings. The van der Waals surface area contributed by atoms with Crippen LogP contribution in [0.5, 0.6) is 0 Å². The molecule has 0 radical (unpaired) electrons. The molecule has 0 aromatic rings. The van der Waals surface area contributed by atoms with Crippen LogP contribution in [0, 0.1) is 35.5 Å². The average Bonchev–Trinajstić information content (AvgIpc) is 3.26. The van der Waals surface area contributed by atoms with Crippen molar-refractivity contribution in [1.82, 2.24) is 5.32 Å². The summed E-state index contributed by atoms with van der Waals surface area (Å²) in [7, 11) is 2.16. The average molecular weight is 467 g/mol.